The van der Waals surface area contributed by atoms with E-state index in [2.05, 4.69) is 5.32 Å². The molecule has 0 spiro atoms. The molecule has 1 fully saturated rings. The van der Waals surface area contributed by atoms with E-state index in [1.165, 1.54) is 28.6 Å². The second-order valence-corrected chi connectivity index (χ2v) is 7.74. The third-order valence-electron chi connectivity index (χ3n) is 3.76. The van der Waals surface area contributed by atoms with Crippen molar-refractivity contribution in [2.24, 2.45) is 0 Å². The molecular weight excluding hydrogens is 352 g/mol. The summed E-state index contributed by atoms with van der Waals surface area (Å²) in [5, 5.41) is 20.7. The number of amides is 1. The lowest BCUT2D eigenvalue weighted by Crippen LogP contribution is -2.46. The number of aliphatic carboxylic acids is 1. The number of carboxylic acids is 1. The van der Waals surface area contributed by atoms with Gasteiger partial charge in [0.1, 0.15) is 0 Å². The maximum absolute atomic E-state index is 12.6. The average molecular weight is 372 g/mol. The van der Waals surface area contributed by atoms with Crippen molar-refractivity contribution in [3.63, 3.8) is 0 Å². The summed E-state index contributed by atoms with van der Waals surface area (Å²) < 4.78 is 31.6. The largest absolute Gasteiger partial charge is 0.479 e. The van der Waals surface area contributed by atoms with Gasteiger partial charge in [-0.15, -0.1) is 0 Å². The van der Waals surface area contributed by atoms with E-state index in [-0.39, 0.29) is 23.5 Å². The molecule has 1 aliphatic rings. The van der Waals surface area contributed by atoms with E-state index in [0.29, 0.717) is 13.2 Å². The van der Waals surface area contributed by atoms with E-state index in [9.17, 15) is 23.1 Å². The van der Waals surface area contributed by atoms with Crippen LogP contribution in [0.5, 0.6) is 0 Å². The van der Waals surface area contributed by atoms with Crippen molar-refractivity contribution in [2.75, 3.05) is 32.8 Å². The fourth-order valence-electron chi connectivity index (χ4n) is 2.16. The predicted molar refractivity (Wildman–Crippen MR) is 86.6 cm³/mol. The van der Waals surface area contributed by atoms with Gasteiger partial charge in [-0.05, 0) is 25.1 Å². The highest BCUT2D eigenvalue weighted by Gasteiger charge is 2.31. The van der Waals surface area contributed by atoms with Crippen molar-refractivity contribution in [3.8, 4) is 0 Å². The number of rotatable bonds is 6. The number of nitrogens with zero attached hydrogens (tertiary/aromatic N) is 1. The number of hydrogen-bond donors (Lipinski definition) is 3. The Morgan fingerprint density at radius 3 is 2.56 bits per heavy atom. The quantitative estimate of drug-likeness (QED) is 0.600. The zero-order valence-electron chi connectivity index (χ0n) is 13.6. The van der Waals surface area contributed by atoms with Crippen LogP contribution in [-0.4, -0.2) is 73.3 Å². The van der Waals surface area contributed by atoms with Crippen LogP contribution in [0.25, 0.3) is 0 Å². The lowest BCUT2D eigenvalue weighted by Gasteiger charge is -2.26. The molecule has 0 bridgehead atoms. The van der Waals surface area contributed by atoms with Crippen LogP contribution in [0, 0.1) is 0 Å². The van der Waals surface area contributed by atoms with Gasteiger partial charge < -0.3 is 20.3 Å². The number of ether oxygens (including phenoxy) is 1. The Morgan fingerprint density at radius 2 is 1.96 bits per heavy atom. The third kappa shape index (κ3) is 4.54. The molecule has 10 heteroatoms. The first-order chi connectivity index (χ1) is 11.6. The van der Waals surface area contributed by atoms with Gasteiger partial charge in [-0.1, -0.05) is 6.07 Å². The standard InChI is InChI=1S/C15H20N2O7S/c1-15(21,14(19)20)10-16-13(18)11-3-2-4-12(9-11)25(22,23)17-5-7-24-8-6-17/h2-4,9,21H,5-8,10H2,1H3,(H,16,18)(H,19,20). The van der Waals surface area contributed by atoms with Gasteiger partial charge >= 0.3 is 5.97 Å². The Kier molecular flexibility index (Phi) is 5.78. The fourth-order valence-corrected chi connectivity index (χ4v) is 3.62. The van der Waals surface area contributed by atoms with E-state index < -0.39 is 34.0 Å². The Labute approximate surface area is 145 Å². The fraction of sp³-hybridized carbons (Fsp3) is 0.467. The van der Waals surface area contributed by atoms with Gasteiger partial charge in [0.05, 0.1) is 24.7 Å². The van der Waals surface area contributed by atoms with Gasteiger partial charge in [-0.3, -0.25) is 4.79 Å². The summed E-state index contributed by atoms with van der Waals surface area (Å²) >= 11 is 0. The van der Waals surface area contributed by atoms with Crippen molar-refractivity contribution in [3.05, 3.63) is 29.8 Å². The van der Waals surface area contributed by atoms with Crippen molar-refractivity contribution in [1.82, 2.24) is 9.62 Å². The van der Waals surface area contributed by atoms with Crippen LogP contribution in [0.4, 0.5) is 0 Å². The lowest BCUT2D eigenvalue weighted by molar-refractivity contribution is -0.155. The summed E-state index contributed by atoms with van der Waals surface area (Å²) in [5.74, 6) is -2.16. The van der Waals surface area contributed by atoms with Crippen molar-refractivity contribution >= 4 is 21.9 Å². The molecule has 0 aromatic heterocycles. The number of carboxylic acid groups (broad SMARTS) is 1. The number of carbonyl (C=O) groups is 2. The van der Waals surface area contributed by atoms with E-state index in [0.717, 1.165) is 6.92 Å². The smallest absolute Gasteiger partial charge is 0.337 e. The van der Waals surface area contributed by atoms with Gasteiger partial charge in [-0.2, -0.15) is 4.31 Å². The van der Waals surface area contributed by atoms with E-state index in [1.54, 1.807) is 0 Å². The second-order valence-electron chi connectivity index (χ2n) is 5.81. The number of hydrogen-bond acceptors (Lipinski definition) is 6. The number of aliphatic hydroxyl groups is 1. The van der Waals surface area contributed by atoms with Crippen LogP contribution in [0.15, 0.2) is 29.2 Å². The SMILES string of the molecule is CC(O)(CNC(=O)c1cccc(S(=O)(=O)N2CCOCC2)c1)C(=O)O. The third-order valence-corrected chi connectivity index (χ3v) is 5.65. The molecule has 1 unspecified atom stereocenters. The van der Waals surface area contributed by atoms with Crippen LogP contribution in [0.2, 0.25) is 0 Å². The summed E-state index contributed by atoms with van der Waals surface area (Å²) in [5.41, 5.74) is -2.07. The van der Waals surface area contributed by atoms with Crippen molar-refractivity contribution in [1.29, 1.82) is 0 Å². The first-order valence-electron chi connectivity index (χ1n) is 7.56. The molecule has 3 N–H and O–H groups in total. The lowest BCUT2D eigenvalue weighted by atomic mass is 10.1. The second kappa shape index (κ2) is 7.48. The molecule has 0 aliphatic carbocycles. The minimum atomic E-state index is -3.75. The first-order valence-corrected chi connectivity index (χ1v) is 9.00. The van der Waals surface area contributed by atoms with Gasteiger partial charge in [0.25, 0.3) is 5.91 Å². The van der Waals surface area contributed by atoms with Gasteiger partial charge in [0, 0.05) is 18.7 Å². The molecule has 1 amide bonds. The van der Waals surface area contributed by atoms with Crippen LogP contribution in [-0.2, 0) is 19.6 Å². The predicted octanol–water partition coefficient (Wildman–Crippen LogP) is -0.727. The summed E-state index contributed by atoms with van der Waals surface area (Å²) in [6, 6.07) is 5.44. The minimum Gasteiger partial charge on any atom is -0.479 e. The highest BCUT2D eigenvalue weighted by molar-refractivity contribution is 7.89. The number of benzene rings is 1. The Bertz CT molecular complexity index is 755. The number of sulfonamides is 1. The Morgan fingerprint density at radius 1 is 1.32 bits per heavy atom. The maximum atomic E-state index is 12.6. The van der Waals surface area contributed by atoms with Gasteiger partial charge in [0.15, 0.2) is 5.60 Å². The maximum Gasteiger partial charge on any atom is 0.337 e. The van der Waals surface area contributed by atoms with Crippen LogP contribution in [0.3, 0.4) is 0 Å². The Balaban J connectivity index is 2.15. The van der Waals surface area contributed by atoms with Gasteiger partial charge in [-0.25, -0.2) is 13.2 Å². The monoisotopic (exact) mass is 372 g/mol. The van der Waals surface area contributed by atoms with Crippen molar-refractivity contribution < 1.29 is 33.0 Å². The molecule has 1 aromatic carbocycles. The van der Waals surface area contributed by atoms with Crippen molar-refractivity contribution in [2.45, 2.75) is 17.4 Å². The minimum absolute atomic E-state index is 0.0351. The highest BCUT2D eigenvalue weighted by atomic mass is 32.2. The van der Waals surface area contributed by atoms with Gasteiger partial charge in [0.2, 0.25) is 10.0 Å². The molecular formula is C15H20N2O7S. The topological polar surface area (TPSA) is 133 Å². The summed E-state index contributed by atoms with van der Waals surface area (Å²) in [4.78, 5) is 22.9. The molecule has 1 aliphatic heterocycles. The molecule has 0 saturated carbocycles. The average Bonchev–Trinajstić information content (AvgIpc) is 2.60. The zero-order valence-corrected chi connectivity index (χ0v) is 14.5. The summed E-state index contributed by atoms with van der Waals surface area (Å²) in [7, 11) is -3.75. The molecule has 1 heterocycles. The van der Waals surface area contributed by atoms with E-state index in [4.69, 9.17) is 9.84 Å². The van der Waals surface area contributed by atoms with Crippen LogP contribution < -0.4 is 5.32 Å². The zero-order chi connectivity index (χ0) is 18.7. The van der Waals surface area contributed by atoms with Crippen LogP contribution in [0.1, 0.15) is 17.3 Å². The first kappa shape index (κ1) is 19.3. The summed E-state index contributed by atoms with van der Waals surface area (Å²) in [6.45, 7) is 1.63. The highest BCUT2D eigenvalue weighted by Crippen LogP contribution is 2.18. The Hall–Kier alpha value is -2.01. The summed E-state index contributed by atoms with van der Waals surface area (Å²) in [6.07, 6.45) is 0. The molecule has 0 radical (unpaired) electrons. The number of carbonyl (C=O) groups excluding carboxylic acids is 1. The normalized spacial score (nSPS) is 18.3. The molecule has 138 valence electrons. The molecule has 1 aromatic rings. The molecule has 25 heavy (non-hydrogen) atoms. The number of nitrogens with one attached hydrogen (secondary N) is 1. The van der Waals surface area contributed by atoms with E-state index in [1.807, 2.05) is 0 Å². The molecule has 1 saturated heterocycles. The van der Waals surface area contributed by atoms with E-state index >= 15 is 0 Å². The van der Waals surface area contributed by atoms with Crippen LogP contribution >= 0.6 is 0 Å². The number of morpholine rings is 1. The molecule has 1 atom stereocenters. The molecule has 2 rings (SSSR count). The molecule has 9 nitrogen and oxygen atoms in total.